The summed E-state index contributed by atoms with van der Waals surface area (Å²) in [5, 5.41) is 9.30. The number of fused-ring (bicyclic) bond motifs is 3. The van der Waals surface area contributed by atoms with Gasteiger partial charge in [0.05, 0.1) is 11.1 Å². The minimum Gasteiger partial charge on any atom is -0.338 e. The van der Waals surface area contributed by atoms with E-state index >= 15 is 0 Å². The average Bonchev–Trinajstić information content (AvgIpc) is 2.90. The van der Waals surface area contributed by atoms with Crippen LogP contribution in [0.1, 0.15) is 18.5 Å². The zero-order valence-electron chi connectivity index (χ0n) is 13.2. The van der Waals surface area contributed by atoms with Crippen LogP contribution in [0.2, 0.25) is 0 Å². The van der Waals surface area contributed by atoms with E-state index in [1.165, 1.54) is 4.68 Å². The molecule has 1 N–H and O–H groups in total. The lowest BCUT2D eigenvalue weighted by Gasteiger charge is -2.32. The molecule has 6 nitrogen and oxygen atoms in total. The molecule has 0 aliphatic carbocycles. The zero-order valence-corrected chi connectivity index (χ0v) is 13.2. The molecule has 2 fully saturated rings. The summed E-state index contributed by atoms with van der Waals surface area (Å²) in [6.45, 7) is 3.35. The van der Waals surface area contributed by atoms with Gasteiger partial charge in [0.2, 0.25) is 5.91 Å². The SMILES string of the molecule is Cc1nn(CC(=O)N2CC3CCC(C2)N3)c(=O)c2ccccc12. The Morgan fingerprint density at radius 1 is 1.22 bits per heavy atom. The number of piperazine rings is 1. The number of likely N-dealkylation sites (tertiary alicyclic amines) is 1. The van der Waals surface area contributed by atoms with Gasteiger partial charge in [0.1, 0.15) is 6.54 Å². The molecule has 2 unspecified atom stereocenters. The first-order valence-corrected chi connectivity index (χ1v) is 8.12. The van der Waals surface area contributed by atoms with Crippen LogP contribution < -0.4 is 10.9 Å². The fourth-order valence-corrected chi connectivity index (χ4v) is 3.74. The second-order valence-corrected chi connectivity index (χ2v) is 6.53. The number of aromatic nitrogens is 2. The van der Waals surface area contributed by atoms with Crippen molar-refractivity contribution in [3.05, 3.63) is 40.3 Å². The molecule has 0 spiro atoms. The Bertz CT molecular complexity index is 817. The maximum absolute atomic E-state index is 12.6. The number of aryl methyl sites for hydroxylation is 1. The van der Waals surface area contributed by atoms with Gasteiger partial charge in [0.25, 0.3) is 5.56 Å². The molecule has 2 saturated heterocycles. The first kappa shape index (κ1) is 14.4. The normalized spacial score (nSPS) is 23.4. The van der Waals surface area contributed by atoms with E-state index in [0.717, 1.165) is 37.0 Å². The summed E-state index contributed by atoms with van der Waals surface area (Å²) < 4.78 is 1.31. The molecule has 6 heteroatoms. The Kier molecular flexibility index (Phi) is 3.41. The van der Waals surface area contributed by atoms with Gasteiger partial charge in [-0.15, -0.1) is 0 Å². The van der Waals surface area contributed by atoms with Crippen LogP contribution in [0, 0.1) is 6.92 Å². The summed E-state index contributed by atoms with van der Waals surface area (Å²) in [5.74, 6) is -0.0207. The molecule has 1 amide bonds. The Labute approximate surface area is 134 Å². The largest absolute Gasteiger partial charge is 0.338 e. The lowest BCUT2D eigenvalue weighted by atomic mass is 10.1. The van der Waals surface area contributed by atoms with Crippen LogP contribution >= 0.6 is 0 Å². The van der Waals surface area contributed by atoms with Crippen molar-refractivity contribution in [3.63, 3.8) is 0 Å². The molecule has 23 heavy (non-hydrogen) atoms. The van der Waals surface area contributed by atoms with Crippen LogP contribution in [0.3, 0.4) is 0 Å². The third-order valence-corrected chi connectivity index (χ3v) is 4.91. The molecular formula is C17H20N4O2. The van der Waals surface area contributed by atoms with Gasteiger partial charge in [-0.05, 0) is 25.8 Å². The van der Waals surface area contributed by atoms with E-state index in [9.17, 15) is 9.59 Å². The molecule has 4 rings (SSSR count). The molecule has 0 saturated carbocycles. The predicted octanol–water partition coefficient (Wildman–Crippen LogP) is 0.668. The fraction of sp³-hybridized carbons (Fsp3) is 0.471. The minimum atomic E-state index is -0.197. The van der Waals surface area contributed by atoms with Crippen LogP contribution in [-0.4, -0.2) is 45.8 Å². The van der Waals surface area contributed by atoms with E-state index in [2.05, 4.69) is 10.4 Å². The number of carbonyl (C=O) groups excluding carboxylic acids is 1. The van der Waals surface area contributed by atoms with E-state index in [4.69, 9.17) is 0 Å². The standard InChI is InChI=1S/C17H20N4O2/c1-11-14-4-2-3-5-15(14)17(23)21(19-11)10-16(22)20-8-12-6-7-13(9-20)18-12/h2-5,12-13,18H,6-10H2,1H3. The Balaban J connectivity index is 1.61. The fourth-order valence-electron chi connectivity index (χ4n) is 3.74. The molecule has 2 aliphatic heterocycles. The van der Waals surface area contributed by atoms with E-state index in [0.29, 0.717) is 17.5 Å². The maximum atomic E-state index is 12.6. The van der Waals surface area contributed by atoms with Gasteiger partial charge in [-0.3, -0.25) is 9.59 Å². The number of hydrogen-bond donors (Lipinski definition) is 1. The summed E-state index contributed by atoms with van der Waals surface area (Å²) in [4.78, 5) is 27.0. The number of nitrogens with one attached hydrogen (secondary N) is 1. The number of rotatable bonds is 2. The molecule has 1 aromatic heterocycles. The zero-order chi connectivity index (χ0) is 16.0. The Morgan fingerprint density at radius 2 is 1.87 bits per heavy atom. The summed E-state index contributed by atoms with van der Waals surface area (Å²) in [7, 11) is 0. The third kappa shape index (κ3) is 2.53. The van der Waals surface area contributed by atoms with Crippen LogP contribution in [0.4, 0.5) is 0 Å². The van der Waals surface area contributed by atoms with Crippen LogP contribution in [0.5, 0.6) is 0 Å². The number of amides is 1. The van der Waals surface area contributed by atoms with E-state index < -0.39 is 0 Å². The van der Waals surface area contributed by atoms with Crippen molar-refractivity contribution in [2.75, 3.05) is 13.1 Å². The smallest absolute Gasteiger partial charge is 0.275 e. The Morgan fingerprint density at radius 3 is 2.57 bits per heavy atom. The monoisotopic (exact) mass is 312 g/mol. The van der Waals surface area contributed by atoms with Crippen molar-refractivity contribution in [1.82, 2.24) is 20.0 Å². The molecular weight excluding hydrogens is 292 g/mol. The summed E-state index contributed by atoms with van der Waals surface area (Å²) >= 11 is 0. The molecule has 2 aliphatic rings. The average molecular weight is 312 g/mol. The molecule has 2 aromatic rings. The Hall–Kier alpha value is -2.21. The summed E-state index contributed by atoms with van der Waals surface area (Å²) in [6, 6.07) is 8.21. The highest BCUT2D eigenvalue weighted by Crippen LogP contribution is 2.20. The topological polar surface area (TPSA) is 67.2 Å². The molecule has 120 valence electrons. The number of benzene rings is 1. The van der Waals surface area contributed by atoms with Gasteiger partial charge in [-0.25, -0.2) is 4.68 Å². The number of hydrogen-bond acceptors (Lipinski definition) is 4. The van der Waals surface area contributed by atoms with Gasteiger partial charge in [-0.2, -0.15) is 5.10 Å². The van der Waals surface area contributed by atoms with Crippen molar-refractivity contribution in [1.29, 1.82) is 0 Å². The van der Waals surface area contributed by atoms with Gasteiger partial charge < -0.3 is 10.2 Å². The summed E-state index contributed by atoms with van der Waals surface area (Å²) in [6.07, 6.45) is 2.25. The third-order valence-electron chi connectivity index (χ3n) is 4.91. The molecule has 3 heterocycles. The van der Waals surface area contributed by atoms with Crippen LogP contribution in [0.25, 0.3) is 10.8 Å². The second kappa shape index (κ2) is 5.45. The molecule has 2 bridgehead atoms. The first-order valence-electron chi connectivity index (χ1n) is 8.12. The lowest BCUT2D eigenvalue weighted by molar-refractivity contribution is -0.133. The van der Waals surface area contributed by atoms with Crippen LogP contribution in [-0.2, 0) is 11.3 Å². The summed E-state index contributed by atoms with van der Waals surface area (Å²) in [5.41, 5.74) is 0.575. The van der Waals surface area contributed by atoms with Crippen molar-refractivity contribution in [2.24, 2.45) is 0 Å². The van der Waals surface area contributed by atoms with Crippen molar-refractivity contribution >= 4 is 16.7 Å². The van der Waals surface area contributed by atoms with E-state index in [-0.39, 0.29) is 18.0 Å². The highest BCUT2D eigenvalue weighted by Gasteiger charge is 2.34. The highest BCUT2D eigenvalue weighted by atomic mass is 16.2. The minimum absolute atomic E-state index is 0.0178. The predicted molar refractivity (Wildman–Crippen MR) is 87.3 cm³/mol. The quantitative estimate of drug-likeness (QED) is 0.885. The van der Waals surface area contributed by atoms with Crippen LogP contribution in [0.15, 0.2) is 29.1 Å². The first-order chi connectivity index (χ1) is 11.1. The second-order valence-electron chi connectivity index (χ2n) is 6.53. The number of carbonyl (C=O) groups is 1. The van der Waals surface area contributed by atoms with Gasteiger partial charge in [0, 0.05) is 30.6 Å². The van der Waals surface area contributed by atoms with E-state index in [1.807, 2.05) is 30.0 Å². The van der Waals surface area contributed by atoms with E-state index in [1.54, 1.807) is 6.07 Å². The van der Waals surface area contributed by atoms with Gasteiger partial charge >= 0.3 is 0 Å². The lowest BCUT2D eigenvalue weighted by Crippen LogP contribution is -2.54. The molecule has 0 radical (unpaired) electrons. The molecule has 1 aromatic carbocycles. The van der Waals surface area contributed by atoms with Gasteiger partial charge in [0.15, 0.2) is 0 Å². The maximum Gasteiger partial charge on any atom is 0.275 e. The van der Waals surface area contributed by atoms with Crippen molar-refractivity contribution in [3.8, 4) is 0 Å². The van der Waals surface area contributed by atoms with Crippen molar-refractivity contribution in [2.45, 2.75) is 38.4 Å². The molecule has 2 atom stereocenters. The van der Waals surface area contributed by atoms with Crippen molar-refractivity contribution < 1.29 is 4.79 Å². The highest BCUT2D eigenvalue weighted by molar-refractivity contribution is 5.83. The number of nitrogens with zero attached hydrogens (tertiary/aromatic N) is 3. The van der Waals surface area contributed by atoms with Gasteiger partial charge in [-0.1, -0.05) is 18.2 Å².